The summed E-state index contributed by atoms with van der Waals surface area (Å²) in [5, 5.41) is 3.61. The van der Waals surface area contributed by atoms with Crippen LogP contribution in [0.3, 0.4) is 0 Å². The third kappa shape index (κ3) is 4.24. The maximum atomic E-state index is 12.7. The maximum Gasteiger partial charge on any atom is 0.329 e. The summed E-state index contributed by atoms with van der Waals surface area (Å²) in [5.41, 5.74) is 1.63. The van der Waals surface area contributed by atoms with Crippen LogP contribution in [0.4, 0.5) is 4.79 Å². The van der Waals surface area contributed by atoms with Crippen molar-refractivity contribution in [2.75, 3.05) is 0 Å². The van der Waals surface area contributed by atoms with Crippen LogP contribution in [0.5, 0.6) is 0 Å². The first kappa shape index (κ1) is 19.8. The number of imide groups is 1. The molecule has 1 saturated heterocycles. The lowest BCUT2D eigenvalue weighted by Crippen LogP contribution is -2.30. The van der Waals surface area contributed by atoms with E-state index in [0.29, 0.717) is 27.1 Å². The molecule has 2 aromatic carbocycles. The van der Waals surface area contributed by atoms with E-state index in [4.69, 9.17) is 27.6 Å². The van der Waals surface area contributed by atoms with Gasteiger partial charge in [-0.3, -0.25) is 9.69 Å². The van der Waals surface area contributed by atoms with Gasteiger partial charge in [-0.25, -0.2) is 4.79 Å². The van der Waals surface area contributed by atoms with Crippen LogP contribution >= 0.6 is 39.1 Å². The number of benzene rings is 2. The van der Waals surface area contributed by atoms with Crippen LogP contribution in [0.1, 0.15) is 11.3 Å². The van der Waals surface area contributed by atoms with E-state index in [9.17, 15) is 9.59 Å². The predicted octanol–water partition coefficient (Wildman–Crippen LogP) is 6.11. The summed E-state index contributed by atoms with van der Waals surface area (Å²) in [6.45, 7) is 0.177. The highest BCUT2D eigenvalue weighted by molar-refractivity contribution is 9.10. The number of urea groups is 1. The first-order valence-electron chi connectivity index (χ1n) is 8.55. The second kappa shape index (κ2) is 8.06. The minimum absolute atomic E-state index is 0.144. The smallest absolute Gasteiger partial charge is 0.329 e. The standard InChI is InChI=1S/C21H13BrCl2N2O3/c22-13-3-1-12(2-4-13)11-26-20(27)18(25-21(26)28)10-15-6-8-19(29-15)16-9-14(23)5-7-17(16)24/h1-10H,11H2,(H,25,28). The molecule has 1 aromatic heterocycles. The van der Waals surface area contributed by atoms with Crippen molar-refractivity contribution in [1.29, 1.82) is 0 Å². The van der Waals surface area contributed by atoms with Gasteiger partial charge >= 0.3 is 6.03 Å². The van der Waals surface area contributed by atoms with E-state index in [0.717, 1.165) is 14.9 Å². The SMILES string of the molecule is O=C1NC(=Cc2ccc(-c3cc(Cl)ccc3Cl)o2)C(=O)N1Cc1ccc(Br)cc1. The fourth-order valence-corrected chi connectivity index (χ4v) is 3.54. The van der Waals surface area contributed by atoms with Gasteiger partial charge in [-0.2, -0.15) is 0 Å². The number of hydrogen-bond acceptors (Lipinski definition) is 3. The maximum absolute atomic E-state index is 12.7. The number of amides is 3. The Morgan fingerprint density at radius 3 is 2.55 bits per heavy atom. The number of rotatable bonds is 4. The Bertz CT molecular complexity index is 1140. The minimum atomic E-state index is -0.478. The van der Waals surface area contributed by atoms with Gasteiger partial charge in [0.2, 0.25) is 0 Å². The summed E-state index contributed by atoms with van der Waals surface area (Å²) in [6.07, 6.45) is 1.49. The molecule has 3 aromatic rings. The second-order valence-corrected chi connectivity index (χ2v) is 8.09. The van der Waals surface area contributed by atoms with Gasteiger partial charge in [-0.05, 0) is 48.0 Å². The molecule has 0 atom stereocenters. The number of carbonyl (C=O) groups excluding carboxylic acids is 2. The fraction of sp³-hybridized carbons (Fsp3) is 0.0476. The largest absolute Gasteiger partial charge is 0.457 e. The summed E-state index contributed by atoms with van der Waals surface area (Å²) in [7, 11) is 0. The summed E-state index contributed by atoms with van der Waals surface area (Å²) < 4.78 is 6.69. The normalized spacial score (nSPS) is 15.3. The van der Waals surface area contributed by atoms with E-state index in [1.165, 1.54) is 6.08 Å². The van der Waals surface area contributed by atoms with Gasteiger partial charge in [0, 0.05) is 21.1 Å². The average Bonchev–Trinajstić information content (AvgIpc) is 3.26. The summed E-state index contributed by atoms with van der Waals surface area (Å²) >= 11 is 15.6. The Morgan fingerprint density at radius 2 is 1.79 bits per heavy atom. The Balaban J connectivity index is 1.55. The summed E-state index contributed by atoms with van der Waals surface area (Å²) in [6, 6.07) is 15.4. The first-order chi connectivity index (χ1) is 13.9. The quantitative estimate of drug-likeness (QED) is 0.353. The molecule has 1 aliphatic rings. The van der Waals surface area contributed by atoms with Gasteiger partial charge in [-0.15, -0.1) is 0 Å². The van der Waals surface area contributed by atoms with E-state index in [-0.39, 0.29) is 12.2 Å². The van der Waals surface area contributed by atoms with Crippen molar-refractivity contribution >= 4 is 57.1 Å². The minimum Gasteiger partial charge on any atom is -0.457 e. The predicted molar refractivity (Wildman–Crippen MR) is 115 cm³/mol. The molecule has 0 aliphatic carbocycles. The topological polar surface area (TPSA) is 62.6 Å². The van der Waals surface area contributed by atoms with E-state index in [1.807, 2.05) is 24.3 Å². The molecule has 1 N–H and O–H groups in total. The van der Waals surface area contributed by atoms with Crippen LogP contribution < -0.4 is 5.32 Å². The van der Waals surface area contributed by atoms with Crippen molar-refractivity contribution in [1.82, 2.24) is 10.2 Å². The molecular formula is C21H13BrCl2N2O3. The molecular weight excluding hydrogens is 479 g/mol. The molecule has 0 saturated carbocycles. The van der Waals surface area contributed by atoms with Gasteiger partial charge in [0.05, 0.1) is 11.6 Å². The lowest BCUT2D eigenvalue weighted by Gasteiger charge is -2.11. The lowest BCUT2D eigenvalue weighted by atomic mass is 10.2. The number of nitrogens with zero attached hydrogens (tertiary/aromatic N) is 1. The molecule has 3 amide bonds. The van der Waals surface area contributed by atoms with Gasteiger partial charge in [0.25, 0.3) is 5.91 Å². The molecule has 2 heterocycles. The van der Waals surface area contributed by atoms with E-state index in [2.05, 4.69) is 21.2 Å². The number of hydrogen-bond donors (Lipinski definition) is 1. The van der Waals surface area contributed by atoms with E-state index in [1.54, 1.807) is 30.3 Å². The van der Waals surface area contributed by atoms with E-state index < -0.39 is 11.9 Å². The van der Waals surface area contributed by atoms with Crippen molar-refractivity contribution in [2.24, 2.45) is 0 Å². The highest BCUT2D eigenvalue weighted by atomic mass is 79.9. The number of carbonyl (C=O) groups is 2. The zero-order valence-corrected chi connectivity index (χ0v) is 17.9. The number of halogens is 3. The Kier molecular flexibility index (Phi) is 5.50. The molecule has 5 nitrogen and oxygen atoms in total. The highest BCUT2D eigenvalue weighted by Gasteiger charge is 2.33. The molecule has 0 bridgehead atoms. The van der Waals surface area contributed by atoms with Crippen LogP contribution in [-0.4, -0.2) is 16.8 Å². The molecule has 4 rings (SSSR count). The van der Waals surface area contributed by atoms with Gasteiger partial charge in [0.1, 0.15) is 17.2 Å². The van der Waals surface area contributed by atoms with Gasteiger partial charge in [0.15, 0.2) is 0 Å². The zero-order chi connectivity index (χ0) is 20.5. The van der Waals surface area contributed by atoms with Gasteiger partial charge < -0.3 is 9.73 Å². The van der Waals surface area contributed by atoms with Gasteiger partial charge in [-0.1, -0.05) is 51.3 Å². The van der Waals surface area contributed by atoms with Crippen LogP contribution in [0.25, 0.3) is 17.4 Å². The average molecular weight is 492 g/mol. The summed E-state index contributed by atoms with van der Waals surface area (Å²) in [5.74, 6) is 0.495. The monoisotopic (exact) mass is 490 g/mol. The molecule has 0 unspecified atom stereocenters. The van der Waals surface area contributed by atoms with Crippen LogP contribution in [-0.2, 0) is 11.3 Å². The Labute approximate surface area is 185 Å². The molecule has 0 spiro atoms. The molecule has 29 heavy (non-hydrogen) atoms. The zero-order valence-electron chi connectivity index (χ0n) is 14.8. The van der Waals surface area contributed by atoms with Crippen molar-refractivity contribution in [3.63, 3.8) is 0 Å². The molecule has 0 radical (unpaired) electrons. The summed E-state index contributed by atoms with van der Waals surface area (Å²) in [4.78, 5) is 26.0. The van der Waals surface area contributed by atoms with E-state index >= 15 is 0 Å². The highest BCUT2D eigenvalue weighted by Crippen LogP contribution is 2.32. The van der Waals surface area contributed by atoms with Crippen molar-refractivity contribution in [2.45, 2.75) is 6.54 Å². The molecule has 1 aliphatic heterocycles. The molecule has 1 fully saturated rings. The van der Waals surface area contributed by atoms with Crippen LogP contribution in [0.2, 0.25) is 10.0 Å². The third-order valence-electron chi connectivity index (χ3n) is 4.32. The van der Waals surface area contributed by atoms with Crippen molar-refractivity contribution in [3.8, 4) is 11.3 Å². The van der Waals surface area contributed by atoms with Crippen molar-refractivity contribution in [3.05, 3.63) is 86.1 Å². The second-order valence-electron chi connectivity index (χ2n) is 6.33. The molecule has 8 heteroatoms. The number of furan rings is 1. The first-order valence-corrected chi connectivity index (χ1v) is 10.1. The number of nitrogens with one attached hydrogen (secondary N) is 1. The van der Waals surface area contributed by atoms with Crippen molar-refractivity contribution < 1.29 is 14.0 Å². The fourth-order valence-electron chi connectivity index (χ4n) is 2.89. The Hall–Kier alpha value is -2.54. The Morgan fingerprint density at radius 1 is 1.03 bits per heavy atom. The molecule has 146 valence electrons. The van der Waals surface area contributed by atoms with Crippen LogP contribution in [0, 0.1) is 0 Å². The third-order valence-corrected chi connectivity index (χ3v) is 5.42. The van der Waals surface area contributed by atoms with Crippen LogP contribution in [0.15, 0.2) is 69.2 Å². The lowest BCUT2D eigenvalue weighted by molar-refractivity contribution is -0.123.